The Labute approximate surface area is 242 Å². The van der Waals surface area contributed by atoms with Crippen molar-refractivity contribution in [2.45, 2.75) is 117 Å². The molecule has 6 atom stereocenters. The van der Waals surface area contributed by atoms with Gasteiger partial charge in [-0.1, -0.05) is 27.7 Å². The van der Waals surface area contributed by atoms with Crippen LogP contribution in [0.2, 0.25) is 0 Å². The van der Waals surface area contributed by atoms with Gasteiger partial charge in [0.15, 0.2) is 0 Å². The predicted molar refractivity (Wildman–Crippen MR) is 152 cm³/mol. The molecule has 1 heterocycles. The van der Waals surface area contributed by atoms with Crippen LogP contribution in [0.25, 0.3) is 0 Å². The Kier molecular flexibility index (Phi) is 10.8. The Bertz CT molecular complexity index is 1020. The van der Waals surface area contributed by atoms with Crippen LogP contribution < -0.4 is 21.8 Å². The van der Waals surface area contributed by atoms with E-state index >= 15 is 0 Å². The van der Waals surface area contributed by atoms with E-state index < -0.39 is 29.7 Å². The maximum Gasteiger partial charge on any atom is 0.481 e. The van der Waals surface area contributed by atoms with E-state index in [1.165, 1.54) is 6.92 Å². The zero-order chi connectivity index (χ0) is 30.5. The number of aliphatic imine (C=N–C) groups is 1. The highest BCUT2D eigenvalue weighted by molar-refractivity contribution is 6.48. The van der Waals surface area contributed by atoms with Gasteiger partial charge in [-0.25, -0.2) is 10.2 Å². The standard InChI is InChI=1S/C27H47BN6O7/c1-16(2)13-22(28-40-21-15-18-14-20(26(18,4)5)27(21,6)41-28)32-24(37)19(31-23(36)11-7-9-17(3)35)10-8-12-30-25(29)33-34(38)39/h16,18-22H,7-15H2,1-6H3,(H5-,29,30,31,32,33,36,37,38,39)/p+1/t18-,19-,20-,21+,22-,27-/m0/s1. The smallest absolute Gasteiger partial charge is 0.404 e. The van der Waals surface area contributed by atoms with Crippen LogP contribution in [0.1, 0.15) is 92.9 Å². The van der Waals surface area contributed by atoms with Gasteiger partial charge in [0.1, 0.15) is 16.7 Å². The van der Waals surface area contributed by atoms with Crippen molar-refractivity contribution in [1.29, 1.82) is 0 Å². The molecule has 0 radical (unpaired) electrons. The molecule has 0 aromatic heterocycles. The molecule has 4 aliphatic rings. The monoisotopic (exact) mass is 579 g/mol. The number of carbonyl (C=O) groups is 3. The normalized spacial score (nSPS) is 27.8. The lowest BCUT2D eigenvalue weighted by Crippen LogP contribution is -2.65. The molecule has 0 aromatic carbocycles. The van der Waals surface area contributed by atoms with Gasteiger partial charge in [0.05, 0.1) is 17.6 Å². The van der Waals surface area contributed by atoms with E-state index in [-0.39, 0.29) is 66.8 Å². The zero-order valence-corrected chi connectivity index (χ0v) is 25.3. The molecule has 230 valence electrons. The number of hydrogen-bond acceptors (Lipinski definition) is 7. The summed E-state index contributed by atoms with van der Waals surface area (Å²) in [5.74, 6) is -0.120. The minimum atomic E-state index is -0.862. The van der Waals surface area contributed by atoms with Gasteiger partial charge < -0.3 is 30.5 Å². The number of hydrazine groups is 1. The first-order valence-corrected chi connectivity index (χ1v) is 14.8. The second-order valence-electron chi connectivity index (χ2n) is 13.1. The molecule has 0 unspecified atom stereocenters. The number of hydrogen-bond donors (Lipinski definition) is 5. The van der Waals surface area contributed by atoms with Crippen molar-refractivity contribution >= 4 is 30.7 Å². The summed E-state index contributed by atoms with van der Waals surface area (Å²) in [6.07, 6.45) is 4.10. The lowest BCUT2D eigenvalue weighted by Gasteiger charge is -2.64. The zero-order valence-electron chi connectivity index (χ0n) is 25.3. The summed E-state index contributed by atoms with van der Waals surface area (Å²) in [7, 11) is -0.595. The molecule has 2 amide bonds. The highest BCUT2D eigenvalue weighted by atomic mass is 16.7. The van der Waals surface area contributed by atoms with Crippen molar-refractivity contribution in [3.8, 4) is 0 Å². The van der Waals surface area contributed by atoms with Crippen LogP contribution in [0.15, 0.2) is 4.99 Å². The van der Waals surface area contributed by atoms with Crippen molar-refractivity contribution in [2.24, 2.45) is 33.9 Å². The van der Waals surface area contributed by atoms with Crippen molar-refractivity contribution in [1.82, 2.24) is 16.1 Å². The van der Waals surface area contributed by atoms with Crippen LogP contribution in [-0.4, -0.2) is 71.1 Å². The first-order valence-electron chi connectivity index (χ1n) is 14.8. The molecule has 2 bridgehead atoms. The Balaban J connectivity index is 1.68. The van der Waals surface area contributed by atoms with Gasteiger partial charge in [-0.05, 0) is 81.0 Å². The number of amides is 2. The molecule has 3 saturated carbocycles. The first-order chi connectivity index (χ1) is 19.1. The van der Waals surface area contributed by atoms with E-state index in [0.717, 1.165) is 12.8 Å². The molecule has 0 spiro atoms. The summed E-state index contributed by atoms with van der Waals surface area (Å²) >= 11 is 0. The van der Waals surface area contributed by atoms with E-state index in [4.69, 9.17) is 20.2 Å². The average Bonchev–Trinajstić information content (AvgIpc) is 3.21. The number of nitrogens with two attached hydrogens (primary N) is 1. The highest BCUT2D eigenvalue weighted by Gasteiger charge is 2.68. The molecule has 14 heteroatoms. The summed E-state index contributed by atoms with van der Waals surface area (Å²) < 4.78 is 13.1. The van der Waals surface area contributed by atoms with E-state index in [2.05, 4.69) is 50.2 Å². The quantitative estimate of drug-likeness (QED) is 0.0634. The third kappa shape index (κ3) is 8.18. The first kappa shape index (κ1) is 32.8. The van der Waals surface area contributed by atoms with Gasteiger partial charge in [0.2, 0.25) is 11.8 Å². The maximum absolute atomic E-state index is 13.6. The maximum atomic E-state index is 13.6. The molecule has 3 aliphatic carbocycles. The lowest BCUT2D eigenvalue weighted by molar-refractivity contribution is -0.822. The second kappa shape index (κ2) is 13.5. The third-order valence-corrected chi connectivity index (χ3v) is 9.08. The van der Waals surface area contributed by atoms with E-state index in [9.17, 15) is 19.3 Å². The molecule has 4 fully saturated rings. The van der Waals surface area contributed by atoms with E-state index in [0.29, 0.717) is 31.1 Å². The average molecular weight is 580 g/mol. The van der Waals surface area contributed by atoms with Crippen LogP contribution >= 0.6 is 0 Å². The van der Waals surface area contributed by atoms with Gasteiger partial charge in [-0.15, -0.1) is 0 Å². The molecular formula is C27H48BN6O7+. The summed E-state index contributed by atoms with van der Waals surface area (Å²) in [6.45, 7) is 12.5. The molecule has 6 N–H and O–H groups in total. The largest absolute Gasteiger partial charge is 0.481 e. The van der Waals surface area contributed by atoms with E-state index in [1.807, 2.05) is 5.43 Å². The number of Topliss-reactive ketones (excluding diaryl/α,β-unsaturated/α-hetero) is 1. The molecule has 41 heavy (non-hydrogen) atoms. The molecular weight excluding hydrogens is 531 g/mol. The molecule has 0 aromatic rings. The van der Waals surface area contributed by atoms with Crippen molar-refractivity contribution in [3.05, 3.63) is 4.91 Å². The van der Waals surface area contributed by atoms with E-state index in [1.54, 1.807) is 0 Å². The molecule has 1 aliphatic heterocycles. The van der Waals surface area contributed by atoms with Crippen LogP contribution in [0.4, 0.5) is 0 Å². The second-order valence-corrected chi connectivity index (χ2v) is 13.1. The van der Waals surface area contributed by atoms with Crippen LogP contribution in [0.3, 0.4) is 0 Å². The summed E-state index contributed by atoms with van der Waals surface area (Å²) in [6, 6.07) is -0.862. The number of ketones is 1. The van der Waals surface area contributed by atoms with Gasteiger partial charge in [0.25, 0.3) is 5.96 Å². The van der Waals surface area contributed by atoms with Crippen LogP contribution in [-0.2, 0) is 23.7 Å². The van der Waals surface area contributed by atoms with Gasteiger partial charge in [-0.2, -0.15) is 0 Å². The number of carbonyl (C=O) groups excluding carboxylic acids is 3. The number of guanidine groups is 1. The molecule has 1 saturated heterocycles. The van der Waals surface area contributed by atoms with Crippen molar-refractivity contribution < 1.29 is 33.9 Å². The Morgan fingerprint density at radius 3 is 2.46 bits per heavy atom. The summed E-state index contributed by atoms with van der Waals surface area (Å²) in [5, 5.41) is 14.0. The van der Waals surface area contributed by atoms with Crippen LogP contribution in [0, 0.1) is 28.1 Å². The Morgan fingerprint density at radius 2 is 1.85 bits per heavy atom. The highest BCUT2D eigenvalue weighted by Crippen LogP contribution is 2.65. The Morgan fingerprint density at radius 1 is 1.15 bits per heavy atom. The lowest BCUT2D eigenvalue weighted by atomic mass is 9.43. The van der Waals surface area contributed by atoms with Gasteiger partial charge >= 0.3 is 12.2 Å². The van der Waals surface area contributed by atoms with Crippen molar-refractivity contribution in [2.75, 3.05) is 6.54 Å². The fraction of sp³-hybridized carbons (Fsp3) is 0.852. The fourth-order valence-corrected chi connectivity index (χ4v) is 6.76. The predicted octanol–water partition coefficient (Wildman–Crippen LogP) is 1.80. The Hall–Kier alpha value is -2.74. The van der Waals surface area contributed by atoms with Crippen molar-refractivity contribution in [3.63, 3.8) is 0 Å². The third-order valence-electron chi connectivity index (χ3n) is 9.08. The topological polar surface area (TPSA) is 184 Å². The number of nitrogens with zero attached hydrogens (tertiary/aromatic N) is 2. The minimum absolute atomic E-state index is 0.000985. The summed E-state index contributed by atoms with van der Waals surface area (Å²) in [5.41, 5.74) is 7.19. The molecule has 13 nitrogen and oxygen atoms in total. The van der Waals surface area contributed by atoms with Crippen LogP contribution in [0.5, 0.6) is 0 Å². The molecule has 4 rings (SSSR count). The fourth-order valence-electron chi connectivity index (χ4n) is 6.76. The minimum Gasteiger partial charge on any atom is -0.404 e. The van der Waals surface area contributed by atoms with Gasteiger partial charge in [0, 0.05) is 19.4 Å². The number of rotatable bonds is 15. The SMILES string of the molecule is CC(=O)CCCC(=O)N[C@@H](CCCN=C(N)N[N+](=O)O)C(=O)N[C@@H](CC(C)C)B1O[C@@H]2C[C@@H]3C[C@@H](C3(C)C)[C@]2(C)O1. The number of nitrogens with one attached hydrogen (secondary N) is 3. The van der Waals surface area contributed by atoms with Gasteiger partial charge in [-0.3, -0.25) is 9.59 Å². The summed E-state index contributed by atoms with van der Waals surface area (Å²) in [4.78, 5) is 52.1.